The number of ether oxygens (including phenoxy) is 3. The van der Waals surface area contributed by atoms with Crippen molar-refractivity contribution < 1.29 is 23.8 Å². The number of fused-ring (bicyclic) bond motifs is 1. The van der Waals surface area contributed by atoms with Crippen LogP contribution < -0.4 is 14.8 Å². The van der Waals surface area contributed by atoms with Gasteiger partial charge in [0.2, 0.25) is 5.91 Å². The molecule has 7 heteroatoms. The van der Waals surface area contributed by atoms with Gasteiger partial charge in [-0.15, -0.1) is 0 Å². The number of rotatable bonds is 3. The van der Waals surface area contributed by atoms with Gasteiger partial charge in [-0.2, -0.15) is 0 Å². The van der Waals surface area contributed by atoms with Crippen LogP contribution in [0, 0.1) is 0 Å². The number of nitrogens with zero attached hydrogens (tertiary/aromatic N) is 1. The maximum absolute atomic E-state index is 11.9. The van der Waals surface area contributed by atoms with Gasteiger partial charge in [0.15, 0.2) is 11.5 Å². The number of hydrogen-bond donors (Lipinski definition) is 1. The van der Waals surface area contributed by atoms with Crippen molar-refractivity contribution in [3.05, 3.63) is 23.8 Å². The Labute approximate surface area is 140 Å². The number of alkyl carbamates (subject to hydrolysis) is 1. The second-order valence-electron chi connectivity index (χ2n) is 5.92. The Morgan fingerprint density at radius 1 is 1.25 bits per heavy atom. The normalized spacial score (nSPS) is 20.3. The third-order valence-corrected chi connectivity index (χ3v) is 4.29. The SMILES string of the molecule is COC(=O)NC(=O)CN1CCC[C@H]1c1ccc2c(c1)OCCCO2. The Kier molecular flexibility index (Phi) is 5.20. The fourth-order valence-corrected chi connectivity index (χ4v) is 3.17. The van der Waals surface area contributed by atoms with Crippen molar-refractivity contribution in [1.29, 1.82) is 0 Å². The van der Waals surface area contributed by atoms with Crippen LogP contribution in [-0.2, 0) is 9.53 Å². The molecule has 0 aliphatic carbocycles. The van der Waals surface area contributed by atoms with E-state index < -0.39 is 6.09 Å². The summed E-state index contributed by atoms with van der Waals surface area (Å²) in [6, 6.07) is 6.09. The van der Waals surface area contributed by atoms with Crippen LogP contribution in [0.4, 0.5) is 4.79 Å². The Morgan fingerprint density at radius 2 is 2.04 bits per heavy atom. The molecule has 0 saturated carbocycles. The number of carbonyl (C=O) groups excluding carboxylic acids is 2. The Balaban J connectivity index is 1.70. The molecule has 0 bridgehead atoms. The van der Waals surface area contributed by atoms with Gasteiger partial charge >= 0.3 is 6.09 Å². The topological polar surface area (TPSA) is 77.1 Å². The predicted molar refractivity (Wildman–Crippen MR) is 86.1 cm³/mol. The fourth-order valence-electron chi connectivity index (χ4n) is 3.17. The van der Waals surface area contributed by atoms with E-state index in [1.54, 1.807) is 0 Å². The van der Waals surface area contributed by atoms with Gasteiger partial charge in [0.25, 0.3) is 0 Å². The molecule has 2 aliphatic rings. The monoisotopic (exact) mass is 334 g/mol. The highest BCUT2D eigenvalue weighted by Crippen LogP contribution is 2.37. The largest absolute Gasteiger partial charge is 0.490 e. The Morgan fingerprint density at radius 3 is 2.83 bits per heavy atom. The van der Waals surface area contributed by atoms with Gasteiger partial charge in [0.05, 0.1) is 26.9 Å². The number of nitrogens with one attached hydrogen (secondary N) is 1. The van der Waals surface area contributed by atoms with Crippen LogP contribution in [0.5, 0.6) is 11.5 Å². The zero-order chi connectivity index (χ0) is 16.9. The summed E-state index contributed by atoms with van der Waals surface area (Å²) in [5, 5.41) is 2.20. The van der Waals surface area contributed by atoms with E-state index in [4.69, 9.17) is 9.47 Å². The number of hydrogen-bond acceptors (Lipinski definition) is 6. The van der Waals surface area contributed by atoms with E-state index in [9.17, 15) is 9.59 Å². The maximum Gasteiger partial charge on any atom is 0.413 e. The zero-order valence-corrected chi connectivity index (χ0v) is 13.7. The predicted octanol–water partition coefficient (Wildman–Crippen LogP) is 1.87. The summed E-state index contributed by atoms with van der Waals surface area (Å²) in [7, 11) is 1.24. The van der Waals surface area contributed by atoms with Crippen LogP contribution in [0.3, 0.4) is 0 Å². The number of likely N-dealkylation sites (tertiary alicyclic amines) is 1. The van der Waals surface area contributed by atoms with Crippen molar-refractivity contribution in [3.63, 3.8) is 0 Å². The molecule has 0 unspecified atom stereocenters. The summed E-state index contributed by atoms with van der Waals surface area (Å²) >= 11 is 0. The number of methoxy groups -OCH3 is 1. The van der Waals surface area contributed by atoms with Crippen molar-refractivity contribution in [2.45, 2.75) is 25.3 Å². The molecule has 1 aromatic carbocycles. The lowest BCUT2D eigenvalue weighted by Gasteiger charge is -2.24. The van der Waals surface area contributed by atoms with Crippen LogP contribution in [-0.4, -0.2) is 50.3 Å². The van der Waals surface area contributed by atoms with Crippen LogP contribution >= 0.6 is 0 Å². The molecule has 0 spiro atoms. The molecule has 130 valence electrons. The van der Waals surface area contributed by atoms with Crippen LogP contribution in [0.25, 0.3) is 0 Å². The first kappa shape index (κ1) is 16.6. The molecule has 1 saturated heterocycles. The van der Waals surface area contributed by atoms with Gasteiger partial charge in [-0.05, 0) is 37.1 Å². The maximum atomic E-state index is 11.9. The molecule has 3 rings (SSSR count). The van der Waals surface area contributed by atoms with Crippen LogP contribution in [0.15, 0.2) is 18.2 Å². The highest BCUT2D eigenvalue weighted by atomic mass is 16.5. The smallest absolute Gasteiger partial charge is 0.413 e. The van der Waals surface area contributed by atoms with Crippen LogP contribution in [0.1, 0.15) is 30.9 Å². The van der Waals surface area contributed by atoms with E-state index in [1.807, 2.05) is 18.2 Å². The summed E-state index contributed by atoms with van der Waals surface area (Å²) in [6.45, 7) is 2.28. The summed E-state index contributed by atoms with van der Waals surface area (Å²) in [5.74, 6) is 1.17. The first-order valence-corrected chi connectivity index (χ1v) is 8.19. The molecule has 2 aliphatic heterocycles. The van der Waals surface area contributed by atoms with Crippen molar-refractivity contribution in [1.82, 2.24) is 10.2 Å². The molecule has 2 heterocycles. The third-order valence-electron chi connectivity index (χ3n) is 4.29. The molecule has 2 amide bonds. The van der Waals surface area contributed by atoms with Crippen molar-refractivity contribution >= 4 is 12.0 Å². The molecule has 1 N–H and O–H groups in total. The standard InChI is InChI=1S/C17H22N2O5/c1-22-17(21)18-16(20)11-19-7-2-4-13(19)12-5-6-14-15(10-12)24-9-3-8-23-14/h5-6,10,13H,2-4,7-9,11H2,1H3,(H,18,20,21)/t13-/m0/s1. The van der Waals surface area contributed by atoms with Gasteiger partial charge in [0, 0.05) is 12.5 Å². The quantitative estimate of drug-likeness (QED) is 0.909. The average Bonchev–Trinajstić information content (AvgIpc) is 2.90. The number of imide groups is 1. The molecular formula is C17H22N2O5. The molecule has 24 heavy (non-hydrogen) atoms. The lowest BCUT2D eigenvalue weighted by molar-refractivity contribution is -0.121. The van der Waals surface area contributed by atoms with E-state index in [0.717, 1.165) is 42.9 Å². The minimum absolute atomic E-state index is 0.130. The highest BCUT2D eigenvalue weighted by molar-refractivity contribution is 5.92. The van der Waals surface area contributed by atoms with Gasteiger partial charge < -0.3 is 14.2 Å². The molecule has 1 atom stereocenters. The number of amides is 2. The van der Waals surface area contributed by atoms with Gasteiger partial charge in [0.1, 0.15) is 0 Å². The molecular weight excluding hydrogens is 312 g/mol. The number of carbonyl (C=O) groups is 2. The van der Waals surface area contributed by atoms with E-state index in [-0.39, 0.29) is 18.5 Å². The molecule has 0 aromatic heterocycles. The van der Waals surface area contributed by atoms with Crippen LogP contribution in [0.2, 0.25) is 0 Å². The molecule has 7 nitrogen and oxygen atoms in total. The van der Waals surface area contributed by atoms with Crippen molar-refractivity contribution in [2.24, 2.45) is 0 Å². The molecule has 0 radical (unpaired) electrons. The van der Waals surface area contributed by atoms with E-state index in [2.05, 4.69) is 15.0 Å². The summed E-state index contributed by atoms with van der Waals surface area (Å²) in [6.07, 6.45) is 2.11. The first-order valence-electron chi connectivity index (χ1n) is 8.19. The fraction of sp³-hybridized carbons (Fsp3) is 0.529. The minimum Gasteiger partial charge on any atom is -0.490 e. The second kappa shape index (κ2) is 7.53. The summed E-state index contributed by atoms with van der Waals surface area (Å²) in [4.78, 5) is 25.1. The van der Waals surface area contributed by atoms with Gasteiger partial charge in [-0.3, -0.25) is 15.0 Å². The summed E-state index contributed by atoms with van der Waals surface area (Å²) in [5.41, 5.74) is 1.10. The minimum atomic E-state index is -0.730. The van der Waals surface area contributed by atoms with Crippen molar-refractivity contribution in [2.75, 3.05) is 33.4 Å². The van der Waals surface area contributed by atoms with Crippen molar-refractivity contribution in [3.8, 4) is 11.5 Å². The van der Waals surface area contributed by atoms with Gasteiger partial charge in [-0.25, -0.2) is 4.79 Å². The lowest BCUT2D eigenvalue weighted by Crippen LogP contribution is -2.39. The van der Waals surface area contributed by atoms with E-state index in [0.29, 0.717) is 13.2 Å². The molecule has 1 fully saturated rings. The van der Waals surface area contributed by atoms with E-state index in [1.165, 1.54) is 7.11 Å². The molecule has 1 aromatic rings. The zero-order valence-electron chi connectivity index (χ0n) is 13.7. The van der Waals surface area contributed by atoms with E-state index >= 15 is 0 Å². The third kappa shape index (κ3) is 3.79. The number of benzene rings is 1. The second-order valence-corrected chi connectivity index (χ2v) is 5.92. The lowest BCUT2D eigenvalue weighted by atomic mass is 10.0. The average molecular weight is 334 g/mol. The highest BCUT2D eigenvalue weighted by Gasteiger charge is 2.29. The first-order chi connectivity index (χ1) is 11.7. The Bertz CT molecular complexity index is 619. The van der Waals surface area contributed by atoms with Gasteiger partial charge in [-0.1, -0.05) is 6.07 Å². The summed E-state index contributed by atoms with van der Waals surface area (Å²) < 4.78 is 15.9. The Hall–Kier alpha value is -2.28.